The van der Waals surface area contributed by atoms with Crippen molar-refractivity contribution < 1.29 is 9.59 Å². The van der Waals surface area contributed by atoms with Gasteiger partial charge in [-0.15, -0.1) is 0 Å². The molecule has 2 N–H and O–H groups in total. The minimum atomic E-state index is -0.182. The van der Waals surface area contributed by atoms with Gasteiger partial charge in [0.25, 0.3) is 5.91 Å². The maximum atomic E-state index is 11.6. The number of hydrogen-bond donors (Lipinski definition) is 2. The highest BCUT2D eigenvalue weighted by Gasteiger charge is 2.01. The normalized spacial score (nSPS) is 10.4. The van der Waals surface area contributed by atoms with Gasteiger partial charge in [-0.1, -0.05) is 12.1 Å². The lowest BCUT2D eigenvalue weighted by atomic mass is 10.1. The Labute approximate surface area is 121 Å². The molecule has 2 aromatic rings. The summed E-state index contributed by atoms with van der Waals surface area (Å²) in [7, 11) is 1.59. The lowest BCUT2D eigenvalue weighted by Crippen LogP contribution is -2.17. The number of nitrogens with one attached hydrogen (secondary N) is 2. The highest BCUT2D eigenvalue weighted by molar-refractivity contribution is 7.08. The van der Waals surface area contributed by atoms with E-state index in [1.165, 1.54) is 17.4 Å². The van der Waals surface area contributed by atoms with Gasteiger partial charge in [-0.25, -0.2) is 0 Å². The second kappa shape index (κ2) is 6.68. The van der Waals surface area contributed by atoms with Crippen LogP contribution in [0.15, 0.2) is 47.2 Å². The van der Waals surface area contributed by atoms with Crippen molar-refractivity contribution in [2.45, 2.75) is 0 Å². The maximum absolute atomic E-state index is 11.6. The Morgan fingerprint density at radius 3 is 2.50 bits per heavy atom. The molecule has 0 fully saturated rings. The first-order chi connectivity index (χ1) is 9.69. The molecular formula is C15H14N2O2S. The van der Waals surface area contributed by atoms with Gasteiger partial charge in [0.05, 0.1) is 5.69 Å². The lowest BCUT2D eigenvalue weighted by Gasteiger charge is -2.00. The largest absolute Gasteiger partial charge is 0.355 e. The van der Waals surface area contributed by atoms with Crippen LogP contribution in [0.3, 0.4) is 0 Å². The van der Waals surface area contributed by atoms with Gasteiger partial charge in [-0.05, 0) is 35.2 Å². The van der Waals surface area contributed by atoms with Crippen LogP contribution in [0.4, 0.5) is 5.69 Å². The monoisotopic (exact) mass is 286 g/mol. The molecule has 0 bridgehead atoms. The quantitative estimate of drug-likeness (QED) is 0.849. The summed E-state index contributed by atoms with van der Waals surface area (Å²) < 4.78 is 0. The summed E-state index contributed by atoms with van der Waals surface area (Å²) in [5, 5.41) is 9.07. The van der Waals surface area contributed by atoms with E-state index in [0.29, 0.717) is 5.56 Å². The van der Waals surface area contributed by atoms with Crippen molar-refractivity contribution in [1.29, 1.82) is 0 Å². The molecule has 0 aliphatic rings. The fraction of sp³-hybridized carbons (Fsp3) is 0.0667. The van der Waals surface area contributed by atoms with Gasteiger partial charge in [0, 0.05) is 24.1 Å². The van der Waals surface area contributed by atoms with Crippen LogP contribution in [-0.4, -0.2) is 18.9 Å². The number of benzene rings is 1. The van der Waals surface area contributed by atoms with Crippen LogP contribution >= 0.6 is 11.3 Å². The molecule has 0 saturated carbocycles. The van der Waals surface area contributed by atoms with Crippen LogP contribution in [-0.2, 0) is 4.79 Å². The van der Waals surface area contributed by atoms with E-state index in [4.69, 9.17) is 0 Å². The van der Waals surface area contributed by atoms with Crippen LogP contribution in [0.1, 0.15) is 15.9 Å². The zero-order valence-corrected chi connectivity index (χ0v) is 11.7. The van der Waals surface area contributed by atoms with Crippen molar-refractivity contribution in [2.75, 3.05) is 12.4 Å². The topological polar surface area (TPSA) is 58.2 Å². The number of hydrogen-bond acceptors (Lipinski definition) is 3. The molecule has 102 valence electrons. The van der Waals surface area contributed by atoms with Crippen molar-refractivity contribution in [3.8, 4) is 0 Å². The molecule has 1 aromatic carbocycles. The number of amides is 2. The summed E-state index contributed by atoms with van der Waals surface area (Å²) in [6.45, 7) is 0. The Kier molecular flexibility index (Phi) is 4.68. The molecule has 5 heteroatoms. The van der Waals surface area contributed by atoms with E-state index in [1.54, 1.807) is 37.4 Å². The molecule has 0 aliphatic heterocycles. The van der Waals surface area contributed by atoms with Gasteiger partial charge in [0.1, 0.15) is 0 Å². The molecule has 0 atom stereocenters. The van der Waals surface area contributed by atoms with Crippen LogP contribution in [0.2, 0.25) is 0 Å². The average molecular weight is 286 g/mol. The van der Waals surface area contributed by atoms with Crippen molar-refractivity contribution in [3.63, 3.8) is 0 Å². The van der Waals surface area contributed by atoms with Gasteiger partial charge in [0.15, 0.2) is 0 Å². The molecular weight excluding hydrogens is 272 g/mol. The van der Waals surface area contributed by atoms with E-state index in [9.17, 15) is 9.59 Å². The molecule has 0 radical (unpaired) electrons. The molecule has 4 nitrogen and oxygen atoms in total. The minimum absolute atomic E-state index is 0.129. The molecule has 1 heterocycles. The summed E-state index contributed by atoms with van der Waals surface area (Å²) in [4.78, 5) is 23.0. The Bertz CT molecular complexity index is 616. The Morgan fingerprint density at radius 2 is 1.90 bits per heavy atom. The SMILES string of the molecule is CNC(=O)c1ccc(/C=C\C(=O)Nc2ccsc2)cc1. The van der Waals surface area contributed by atoms with Crippen molar-refractivity contribution in [1.82, 2.24) is 5.32 Å². The summed E-state index contributed by atoms with van der Waals surface area (Å²) in [5.74, 6) is -0.311. The van der Waals surface area contributed by atoms with Crippen LogP contribution in [0.25, 0.3) is 6.08 Å². The maximum Gasteiger partial charge on any atom is 0.251 e. The first kappa shape index (κ1) is 14.0. The Hall–Kier alpha value is -2.40. The highest BCUT2D eigenvalue weighted by atomic mass is 32.1. The van der Waals surface area contributed by atoms with Crippen LogP contribution < -0.4 is 10.6 Å². The van der Waals surface area contributed by atoms with Gasteiger partial charge in [-0.2, -0.15) is 11.3 Å². The summed E-state index contributed by atoms with van der Waals surface area (Å²) >= 11 is 1.53. The average Bonchev–Trinajstić information content (AvgIpc) is 2.97. The third-order valence-electron chi connectivity index (χ3n) is 2.62. The standard InChI is InChI=1S/C15H14N2O2S/c1-16-15(19)12-5-2-11(3-6-12)4-7-14(18)17-13-8-9-20-10-13/h2-10H,1H3,(H,16,19)(H,17,18)/b7-4-. The van der Waals surface area contributed by atoms with E-state index in [-0.39, 0.29) is 11.8 Å². The first-order valence-electron chi connectivity index (χ1n) is 6.02. The highest BCUT2D eigenvalue weighted by Crippen LogP contribution is 2.12. The smallest absolute Gasteiger partial charge is 0.251 e. The zero-order chi connectivity index (χ0) is 14.4. The molecule has 0 saturated heterocycles. The van der Waals surface area contributed by atoms with Gasteiger partial charge in [-0.3, -0.25) is 9.59 Å². The molecule has 20 heavy (non-hydrogen) atoms. The van der Waals surface area contributed by atoms with E-state index in [1.807, 2.05) is 16.8 Å². The fourth-order valence-electron chi connectivity index (χ4n) is 1.58. The van der Waals surface area contributed by atoms with Gasteiger partial charge >= 0.3 is 0 Å². The van der Waals surface area contributed by atoms with Crippen LogP contribution in [0.5, 0.6) is 0 Å². The lowest BCUT2D eigenvalue weighted by molar-refractivity contribution is -0.111. The number of carbonyl (C=O) groups is 2. The summed E-state index contributed by atoms with van der Waals surface area (Å²) in [6, 6.07) is 8.86. The number of rotatable bonds is 4. The predicted molar refractivity (Wildman–Crippen MR) is 81.8 cm³/mol. The second-order valence-electron chi connectivity index (χ2n) is 4.04. The molecule has 0 unspecified atom stereocenters. The molecule has 1 aromatic heterocycles. The van der Waals surface area contributed by atoms with Crippen molar-refractivity contribution in [3.05, 3.63) is 58.3 Å². The fourth-order valence-corrected chi connectivity index (χ4v) is 2.17. The zero-order valence-electron chi connectivity index (χ0n) is 10.9. The third kappa shape index (κ3) is 3.80. The van der Waals surface area contributed by atoms with E-state index < -0.39 is 0 Å². The Balaban J connectivity index is 1.97. The van der Waals surface area contributed by atoms with Crippen LogP contribution in [0, 0.1) is 0 Å². The summed E-state index contributed by atoms with van der Waals surface area (Å²) in [5.41, 5.74) is 2.24. The third-order valence-corrected chi connectivity index (χ3v) is 3.30. The molecule has 2 amide bonds. The van der Waals surface area contributed by atoms with E-state index in [0.717, 1.165) is 11.3 Å². The molecule has 2 rings (SSSR count). The number of carbonyl (C=O) groups excluding carboxylic acids is 2. The molecule has 0 spiro atoms. The Morgan fingerprint density at radius 1 is 1.15 bits per heavy atom. The van der Waals surface area contributed by atoms with Crippen molar-refractivity contribution >= 4 is 34.9 Å². The first-order valence-corrected chi connectivity index (χ1v) is 6.97. The predicted octanol–water partition coefficient (Wildman–Crippen LogP) is 2.76. The van der Waals surface area contributed by atoms with Crippen molar-refractivity contribution in [2.24, 2.45) is 0 Å². The second-order valence-corrected chi connectivity index (χ2v) is 4.82. The summed E-state index contributed by atoms with van der Waals surface area (Å²) in [6.07, 6.45) is 3.17. The van der Waals surface area contributed by atoms with E-state index >= 15 is 0 Å². The number of thiophene rings is 1. The van der Waals surface area contributed by atoms with Gasteiger partial charge in [0.2, 0.25) is 5.91 Å². The number of anilines is 1. The molecule has 0 aliphatic carbocycles. The van der Waals surface area contributed by atoms with Gasteiger partial charge < -0.3 is 10.6 Å². The van der Waals surface area contributed by atoms with E-state index in [2.05, 4.69) is 10.6 Å². The minimum Gasteiger partial charge on any atom is -0.355 e.